The van der Waals surface area contributed by atoms with Crippen LogP contribution in [0.5, 0.6) is 0 Å². The highest BCUT2D eigenvalue weighted by atomic mass is 16.5. The number of esters is 1. The van der Waals surface area contributed by atoms with Crippen LogP contribution in [0.2, 0.25) is 0 Å². The van der Waals surface area contributed by atoms with Gasteiger partial charge in [0.2, 0.25) is 0 Å². The topological polar surface area (TPSA) is 57.0 Å². The number of nitrogens with zero attached hydrogens (tertiary/aromatic N) is 3. The van der Waals surface area contributed by atoms with E-state index in [0.29, 0.717) is 17.9 Å². The predicted molar refractivity (Wildman–Crippen MR) is 95.9 cm³/mol. The van der Waals surface area contributed by atoms with Crippen molar-refractivity contribution >= 4 is 5.97 Å². The fourth-order valence-electron chi connectivity index (χ4n) is 2.82. The predicted octanol–water partition coefficient (Wildman–Crippen LogP) is 3.67. The number of ether oxygens (including phenoxy) is 1. The van der Waals surface area contributed by atoms with E-state index in [2.05, 4.69) is 10.1 Å². The lowest BCUT2D eigenvalue weighted by Crippen LogP contribution is -2.09. The highest BCUT2D eigenvalue weighted by molar-refractivity contribution is 5.92. The van der Waals surface area contributed by atoms with Gasteiger partial charge in [0.15, 0.2) is 0 Å². The molecular weight excluding hydrogens is 314 g/mol. The van der Waals surface area contributed by atoms with Crippen molar-refractivity contribution in [1.82, 2.24) is 14.8 Å². The van der Waals surface area contributed by atoms with E-state index in [4.69, 9.17) is 4.74 Å². The number of hydrogen-bond acceptors (Lipinski definition) is 4. The molecule has 0 amide bonds. The first-order valence-corrected chi connectivity index (χ1v) is 8.34. The molecule has 3 rings (SSSR count). The van der Waals surface area contributed by atoms with Crippen molar-refractivity contribution < 1.29 is 9.53 Å². The maximum absolute atomic E-state index is 12.5. The molecule has 1 aromatic carbocycles. The van der Waals surface area contributed by atoms with Crippen LogP contribution in [0.3, 0.4) is 0 Å². The van der Waals surface area contributed by atoms with E-state index in [1.165, 1.54) is 0 Å². The van der Waals surface area contributed by atoms with Gasteiger partial charge >= 0.3 is 5.97 Å². The average molecular weight is 335 g/mol. The smallest absolute Gasteiger partial charge is 0.341 e. The van der Waals surface area contributed by atoms with Crippen molar-refractivity contribution in [2.24, 2.45) is 0 Å². The summed E-state index contributed by atoms with van der Waals surface area (Å²) in [5.74, 6) is -0.316. The number of rotatable bonds is 6. The minimum Gasteiger partial charge on any atom is -0.462 e. The number of pyridine rings is 1. The molecule has 0 atom stereocenters. The van der Waals surface area contributed by atoms with Gasteiger partial charge in [-0.25, -0.2) is 9.48 Å². The number of hydrogen-bond donors (Lipinski definition) is 0. The molecule has 0 unspecified atom stereocenters. The van der Waals surface area contributed by atoms with Crippen LogP contribution in [-0.4, -0.2) is 27.3 Å². The van der Waals surface area contributed by atoms with Gasteiger partial charge in [0.05, 0.1) is 23.7 Å². The Bertz CT molecular complexity index is 842. The van der Waals surface area contributed by atoms with Crippen molar-refractivity contribution in [3.63, 3.8) is 0 Å². The third kappa shape index (κ3) is 3.94. The number of carbonyl (C=O) groups excluding carboxylic acids is 1. The third-order valence-electron chi connectivity index (χ3n) is 4.06. The SMILES string of the molecule is Cc1nn(-c2ccccc2)c(C)c1C(=O)OCCCc1cccnc1. The largest absolute Gasteiger partial charge is 0.462 e. The Kier molecular flexibility index (Phi) is 5.23. The van der Waals surface area contributed by atoms with Crippen LogP contribution in [-0.2, 0) is 11.2 Å². The lowest BCUT2D eigenvalue weighted by Gasteiger charge is -2.06. The second-order valence-electron chi connectivity index (χ2n) is 5.89. The van der Waals surface area contributed by atoms with E-state index < -0.39 is 0 Å². The molecule has 3 aromatic rings. The van der Waals surface area contributed by atoms with Crippen molar-refractivity contribution in [2.75, 3.05) is 6.61 Å². The lowest BCUT2D eigenvalue weighted by atomic mass is 10.1. The molecule has 0 saturated heterocycles. The van der Waals surface area contributed by atoms with Crippen molar-refractivity contribution in [2.45, 2.75) is 26.7 Å². The molecule has 2 aromatic heterocycles. The molecule has 0 fully saturated rings. The summed E-state index contributed by atoms with van der Waals surface area (Å²) < 4.78 is 7.23. The summed E-state index contributed by atoms with van der Waals surface area (Å²) in [5.41, 5.74) is 4.09. The molecule has 0 radical (unpaired) electrons. The van der Waals surface area contributed by atoms with Gasteiger partial charge in [-0.05, 0) is 50.5 Å². The van der Waals surface area contributed by atoms with Crippen LogP contribution in [0.25, 0.3) is 5.69 Å². The zero-order chi connectivity index (χ0) is 17.6. The molecular formula is C20H21N3O2. The standard InChI is InChI=1S/C20H21N3O2/c1-15-19(16(2)23(22-15)18-10-4-3-5-11-18)20(24)25-13-7-9-17-8-6-12-21-14-17/h3-6,8,10-12,14H,7,9,13H2,1-2H3. The van der Waals surface area contributed by atoms with Gasteiger partial charge in [0.25, 0.3) is 0 Å². The second kappa shape index (κ2) is 7.75. The molecule has 0 aliphatic heterocycles. The highest BCUT2D eigenvalue weighted by Gasteiger charge is 2.20. The first-order valence-electron chi connectivity index (χ1n) is 8.34. The monoisotopic (exact) mass is 335 g/mol. The maximum atomic E-state index is 12.5. The highest BCUT2D eigenvalue weighted by Crippen LogP contribution is 2.18. The molecule has 128 valence electrons. The Morgan fingerprint density at radius 2 is 1.92 bits per heavy atom. The van der Waals surface area contributed by atoms with Gasteiger partial charge in [0, 0.05) is 12.4 Å². The van der Waals surface area contributed by atoms with Crippen LogP contribution in [0.4, 0.5) is 0 Å². The zero-order valence-corrected chi connectivity index (χ0v) is 14.5. The number of aromatic nitrogens is 3. The Morgan fingerprint density at radius 3 is 2.64 bits per heavy atom. The Labute approximate surface area is 147 Å². The fourth-order valence-corrected chi connectivity index (χ4v) is 2.82. The average Bonchev–Trinajstić information content (AvgIpc) is 2.94. The molecule has 0 aliphatic rings. The maximum Gasteiger partial charge on any atom is 0.341 e. The first kappa shape index (κ1) is 16.9. The van der Waals surface area contributed by atoms with Crippen LogP contribution in [0.15, 0.2) is 54.9 Å². The van der Waals surface area contributed by atoms with Gasteiger partial charge in [-0.2, -0.15) is 5.10 Å². The molecule has 0 spiro atoms. The Hall–Kier alpha value is -2.95. The number of carbonyl (C=O) groups is 1. The lowest BCUT2D eigenvalue weighted by molar-refractivity contribution is 0.0499. The van der Waals surface area contributed by atoms with E-state index in [1.807, 2.05) is 62.5 Å². The van der Waals surface area contributed by atoms with E-state index in [9.17, 15) is 4.79 Å². The van der Waals surface area contributed by atoms with Gasteiger partial charge in [-0.1, -0.05) is 24.3 Å². The Morgan fingerprint density at radius 1 is 1.12 bits per heavy atom. The van der Waals surface area contributed by atoms with Crippen LogP contribution in [0.1, 0.15) is 33.7 Å². The molecule has 25 heavy (non-hydrogen) atoms. The van der Waals surface area contributed by atoms with Gasteiger partial charge < -0.3 is 4.74 Å². The van der Waals surface area contributed by atoms with Gasteiger partial charge in [-0.15, -0.1) is 0 Å². The minimum atomic E-state index is -0.316. The van der Waals surface area contributed by atoms with Crippen molar-refractivity contribution in [3.05, 3.63) is 77.4 Å². The number of benzene rings is 1. The summed E-state index contributed by atoms with van der Waals surface area (Å²) in [6, 6.07) is 13.7. The minimum absolute atomic E-state index is 0.316. The fraction of sp³-hybridized carbons (Fsp3) is 0.250. The van der Waals surface area contributed by atoms with E-state index in [1.54, 1.807) is 10.9 Å². The first-order chi connectivity index (χ1) is 12.2. The van der Waals surface area contributed by atoms with E-state index in [-0.39, 0.29) is 5.97 Å². The van der Waals surface area contributed by atoms with Crippen molar-refractivity contribution in [1.29, 1.82) is 0 Å². The molecule has 0 saturated carbocycles. The number of para-hydroxylation sites is 1. The zero-order valence-electron chi connectivity index (χ0n) is 14.5. The summed E-state index contributed by atoms with van der Waals surface area (Å²) in [4.78, 5) is 16.5. The molecule has 0 bridgehead atoms. The van der Waals surface area contributed by atoms with Gasteiger partial charge in [-0.3, -0.25) is 4.98 Å². The van der Waals surface area contributed by atoms with E-state index in [0.717, 1.165) is 29.8 Å². The molecule has 0 N–H and O–H groups in total. The summed E-state index contributed by atoms with van der Waals surface area (Å²) in [7, 11) is 0. The normalized spacial score (nSPS) is 10.6. The molecule has 0 aliphatic carbocycles. The summed E-state index contributed by atoms with van der Waals surface area (Å²) in [6.07, 6.45) is 5.18. The molecule has 5 nitrogen and oxygen atoms in total. The summed E-state index contributed by atoms with van der Waals surface area (Å²) in [5, 5.41) is 4.48. The Balaban J connectivity index is 1.63. The van der Waals surface area contributed by atoms with Crippen molar-refractivity contribution in [3.8, 4) is 5.69 Å². The number of aryl methyl sites for hydroxylation is 2. The third-order valence-corrected chi connectivity index (χ3v) is 4.06. The van der Waals surface area contributed by atoms with Gasteiger partial charge in [0.1, 0.15) is 5.56 Å². The summed E-state index contributed by atoms with van der Waals surface area (Å²) in [6.45, 7) is 4.10. The summed E-state index contributed by atoms with van der Waals surface area (Å²) >= 11 is 0. The van der Waals surface area contributed by atoms with E-state index >= 15 is 0 Å². The van der Waals surface area contributed by atoms with Crippen LogP contribution in [0, 0.1) is 13.8 Å². The molecule has 2 heterocycles. The second-order valence-corrected chi connectivity index (χ2v) is 5.89. The quantitative estimate of drug-likeness (QED) is 0.509. The van der Waals surface area contributed by atoms with Crippen LogP contribution >= 0.6 is 0 Å². The molecule has 5 heteroatoms. The van der Waals surface area contributed by atoms with Crippen LogP contribution < -0.4 is 0 Å².